The molecule has 1 heterocycles. The number of benzene rings is 2. The zero-order valence-corrected chi connectivity index (χ0v) is 16.6. The fraction of sp³-hybridized carbons (Fsp3) is 0.350. The summed E-state index contributed by atoms with van der Waals surface area (Å²) < 4.78 is 11.9. The predicted octanol–water partition coefficient (Wildman–Crippen LogP) is 4.31. The maximum absolute atomic E-state index is 12.6. The summed E-state index contributed by atoms with van der Waals surface area (Å²) in [7, 11) is 0. The van der Waals surface area contributed by atoms with Crippen LogP contribution in [-0.4, -0.2) is 37.1 Å². The van der Waals surface area contributed by atoms with Gasteiger partial charge < -0.3 is 14.8 Å². The molecular formula is C20H23BrN2O3. The number of anilines is 1. The van der Waals surface area contributed by atoms with Gasteiger partial charge in [0, 0.05) is 28.7 Å². The van der Waals surface area contributed by atoms with Crippen LogP contribution in [0.4, 0.5) is 5.69 Å². The molecule has 0 fully saturated rings. The normalized spacial score (nSPS) is 12.9. The van der Waals surface area contributed by atoms with Gasteiger partial charge in [0.25, 0.3) is 5.91 Å². The van der Waals surface area contributed by atoms with Gasteiger partial charge in [-0.2, -0.15) is 0 Å². The first-order valence-electron chi connectivity index (χ1n) is 8.82. The number of carbonyl (C=O) groups excluding carboxylic acids is 1. The lowest BCUT2D eigenvalue weighted by Gasteiger charge is -2.20. The summed E-state index contributed by atoms with van der Waals surface area (Å²) in [5, 5.41) is 2.93. The van der Waals surface area contributed by atoms with Crippen molar-refractivity contribution < 1.29 is 14.3 Å². The second-order valence-corrected chi connectivity index (χ2v) is 6.94. The van der Waals surface area contributed by atoms with E-state index in [2.05, 4.69) is 40.0 Å². The molecule has 0 unspecified atom stereocenters. The first kappa shape index (κ1) is 18.7. The molecule has 26 heavy (non-hydrogen) atoms. The topological polar surface area (TPSA) is 50.8 Å². The van der Waals surface area contributed by atoms with Crippen LogP contribution in [0.2, 0.25) is 0 Å². The zero-order valence-electron chi connectivity index (χ0n) is 15.0. The summed E-state index contributed by atoms with van der Waals surface area (Å²) in [5.41, 5.74) is 2.48. The van der Waals surface area contributed by atoms with Gasteiger partial charge in [-0.3, -0.25) is 9.69 Å². The van der Waals surface area contributed by atoms with Gasteiger partial charge in [-0.25, -0.2) is 0 Å². The molecule has 1 amide bonds. The highest BCUT2D eigenvalue weighted by Gasteiger charge is 2.16. The van der Waals surface area contributed by atoms with Crippen molar-refractivity contribution in [1.29, 1.82) is 0 Å². The monoisotopic (exact) mass is 418 g/mol. The van der Waals surface area contributed by atoms with Crippen LogP contribution in [0, 0.1) is 0 Å². The summed E-state index contributed by atoms with van der Waals surface area (Å²) in [6.07, 6.45) is 0. The Kier molecular flexibility index (Phi) is 6.16. The van der Waals surface area contributed by atoms with E-state index in [0.29, 0.717) is 36.0 Å². The minimum Gasteiger partial charge on any atom is -0.486 e. The van der Waals surface area contributed by atoms with Crippen LogP contribution >= 0.6 is 15.9 Å². The first-order chi connectivity index (χ1) is 12.6. The van der Waals surface area contributed by atoms with Crippen LogP contribution < -0.4 is 14.8 Å². The number of rotatable bonds is 6. The standard InChI is InChI=1S/C20H23BrN2O3/c1-3-23(4-2)13-14-5-7-15(8-6-14)20(24)22-17-12-19-18(11-16(17)21)25-9-10-26-19/h5-8,11-12H,3-4,9-10,13H2,1-2H3,(H,22,24). The van der Waals surface area contributed by atoms with Crippen molar-refractivity contribution in [1.82, 2.24) is 4.90 Å². The van der Waals surface area contributed by atoms with Gasteiger partial charge in [0.05, 0.1) is 5.69 Å². The molecule has 0 atom stereocenters. The lowest BCUT2D eigenvalue weighted by atomic mass is 10.1. The van der Waals surface area contributed by atoms with E-state index < -0.39 is 0 Å². The van der Waals surface area contributed by atoms with Gasteiger partial charge in [-0.05, 0) is 46.7 Å². The molecule has 1 aliphatic rings. The minimum absolute atomic E-state index is 0.156. The van der Waals surface area contributed by atoms with Gasteiger partial charge in [0.15, 0.2) is 11.5 Å². The Balaban J connectivity index is 1.70. The molecule has 1 aliphatic heterocycles. The molecule has 0 aliphatic carbocycles. The van der Waals surface area contributed by atoms with Gasteiger partial charge in [0.1, 0.15) is 13.2 Å². The summed E-state index contributed by atoms with van der Waals surface area (Å²) in [6.45, 7) is 8.25. The highest BCUT2D eigenvalue weighted by molar-refractivity contribution is 9.10. The molecule has 0 aromatic heterocycles. The van der Waals surface area contributed by atoms with Gasteiger partial charge in [0.2, 0.25) is 0 Å². The van der Waals surface area contributed by atoms with Crippen LogP contribution in [-0.2, 0) is 6.54 Å². The Labute approximate surface area is 162 Å². The third kappa shape index (κ3) is 4.37. The summed E-state index contributed by atoms with van der Waals surface area (Å²) >= 11 is 3.48. The molecule has 0 spiro atoms. The number of amides is 1. The maximum Gasteiger partial charge on any atom is 0.255 e. The van der Waals surface area contributed by atoms with Crippen LogP contribution in [0.15, 0.2) is 40.9 Å². The Morgan fingerprint density at radius 3 is 2.31 bits per heavy atom. The zero-order chi connectivity index (χ0) is 18.5. The molecule has 2 aromatic carbocycles. The Morgan fingerprint density at radius 1 is 1.08 bits per heavy atom. The average molecular weight is 419 g/mol. The molecule has 1 N–H and O–H groups in total. The fourth-order valence-corrected chi connectivity index (χ4v) is 3.24. The summed E-state index contributed by atoms with van der Waals surface area (Å²) in [6, 6.07) is 11.3. The molecule has 3 rings (SSSR count). The summed E-state index contributed by atoms with van der Waals surface area (Å²) in [5.74, 6) is 1.17. The predicted molar refractivity (Wildman–Crippen MR) is 106 cm³/mol. The second-order valence-electron chi connectivity index (χ2n) is 6.09. The highest BCUT2D eigenvalue weighted by Crippen LogP contribution is 2.38. The van der Waals surface area contributed by atoms with Crippen molar-refractivity contribution in [3.63, 3.8) is 0 Å². The second kappa shape index (κ2) is 8.56. The number of hydrogen-bond acceptors (Lipinski definition) is 4. The number of halogens is 1. The smallest absolute Gasteiger partial charge is 0.255 e. The third-order valence-electron chi connectivity index (χ3n) is 4.40. The molecule has 0 bridgehead atoms. The number of ether oxygens (including phenoxy) is 2. The maximum atomic E-state index is 12.6. The molecule has 5 nitrogen and oxygen atoms in total. The fourth-order valence-electron chi connectivity index (χ4n) is 2.82. The molecule has 6 heteroatoms. The quantitative estimate of drug-likeness (QED) is 0.758. The van der Waals surface area contributed by atoms with E-state index in [9.17, 15) is 4.79 Å². The molecule has 0 radical (unpaired) electrons. The lowest BCUT2D eigenvalue weighted by Crippen LogP contribution is -2.22. The molecule has 0 saturated heterocycles. The van der Waals surface area contributed by atoms with Crippen molar-refractivity contribution in [3.8, 4) is 11.5 Å². The van der Waals surface area contributed by atoms with Crippen molar-refractivity contribution in [3.05, 3.63) is 52.0 Å². The average Bonchev–Trinajstić information content (AvgIpc) is 2.67. The highest BCUT2D eigenvalue weighted by atomic mass is 79.9. The number of fused-ring (bicyclic) bond motifs is 1. The number of nitrogens with zero attached hydrogens (tertiary/aromatic N) is 1. The first-order valence-corrected chi connectivity index (χ1v) is 9.61. The molecule has 0 saturated carbocycles. The van der Waals surface area contributed by atoms with Crippen molar-refractivity contribution in [2.75, 3.05) is 31.6 Å². The van der Waals surface area contributed by atoms with Gasteiger partial charge in [-0.15, -0.1) is 0 Å². The third-order valence-corrected chi connectivity index (χ3v) is 5.05. The molecule has 138 valence electrons. The minimum atomic E-state index is -0.156. The van der Waals surface area contributed by atoms with Gasteiger partial charge >= 0.3 is 0 Å². The Hall–Kier alpha value is -2.05. The largest absolute Gasteiger partial charge is 0.486 e. The number of hydrogen-bond donors (Lipinski definition) is 1. The van der Waals surface area contributed by atoms with Gasteiger partial charge in [-0.1, -0.05) is 26.0 Å². The van der Waals surface area contributed by atoms with Crippen LogP contribution in [0.3, 0.4) is 0 Å². The van der Waals surface area contributed by atoms with E-state index in [0.717, 1.165) is 24.1 Å². The van der Waals surface area contributed by atoms with E-state index in [1.165, 1.54) is 5.56 Å². The van der Waals surface area contributed by atoms with Crippen LogP contribution in [0.5, 0.6) is 11.5 Å². The van der Waals surface area contributed by atoms with Crippen molar-refractivity contribution in [2.24, 2.45) is 0 Å². The molecule has 2 aromatic rings. The number of carbonyl (C=O) groups is 1. The van der Waals surface area contributed by atoms with E-state index in [1.807, 2.05) is 30.3 Å². The summed E-state index contributed by atoms with van der Waals surface area (Å²) in [4.78, 5) is 14.9. The van der Waals surface area contributed by atoms with E-state index >= 15 is 0 Å². The Bertz CT molecular complexity index is 773. The lowest BCUT2D eigenvalue weighted by molar-refractivity contribution is 0.102. The number of nitrogens with one attached hydrogen (secondary N) is 1. The van der Waals surface area contributed by atoms with Crippen molar-refractivity contribution in [2.45, 2.75) is 20.4 Å². The van der Waals surface area contributed by atoms with E-state index in [-0.39, 0.29) is 5.91 Å². The molecular weight excluding hydrogens is 396 g/mol. The van der Waals surface area contributed by atoms with E-state index in [4.69, 9.17) is 9.47 Å². The SMILES string of the molecule is CCN(CC)Cc1ccc(C(=O)Nc2cc3c(cc2Br)OCCO3)cc1. The van der Waals surface area contributed by atoms with E-state index in [1.54, 1.807) is 6.07 Å². The Morgan fingerprint density at radius 2 is 1.69 bits per heavy atom. The van der Waals surface area contributed by atoms with Crippen LogP contribution in [0.1, 0.15) is 29.8 Å². The van der Waals surface area contributed by atoms with Crippen LogP contribution in [0.25, 0.3) is 0 Å². The van der Waals surface area contributed by atoms with Crippen molar-refractivity contribution >= 4 is 27.5 Å².